The molecule has 0 bridgehead atoms. The van der Waals surface area contributed by atoms with Gasteiger partial charge in [-0.1, -0.05) is 6.08 Å². The Morgan fingerprint density at radius 1 is 1.35 bits per heavy atom. The lowest BCUT2D eigenvalue weighted by Crippen LogP contribution is -2.34. The molecular weight excluding hydrogens is 214 g/mol. The molecule has 0 aromatic carbocycles. The fourth-order valence-corrected chi connectivity index (χ4v) is 1.83. The third-order valence-electron chi connectivity index (χ3n) is 2.61. The first-order valence-corrected chi connectivity index (χ1v) is 5.45. The maximum atomic E-state index is 4.24. The topological polar surface area (TPSA) is 56.8 Å². The number of nitrogens with one attached hydrogen (secondary N) is 2. The number of hydrogen-bond acceptors (Lipinski definition) is 4. The smallest absolute Gasteiger partial charge is 0.141 e. The SMILES string of the molecule is [c]1nccc(N2C=CCNC2)c1-c1ncc[nH]1. The van der Waals surface area contributed by atoms with E-state index >= 15 is 0 Å². The molecule has 0 atom stereocenters. The summed E-state index contributed by atoms with van der Waals surface area (Å²) in [5.41, 5.74) is 1.92. The van der Waals surface area contributed by atoms with Crippen LogP contribution < -0.4 is 10.2 Å². The molecule has 1 radical (unpaired) electrons. The molecule has 2 aromatic rings. The molecule has 2 aromatic heterocycles. The molecule has 0 unspecified atom stereocenters. The number of rotatable bonds is 2. The zero-order valence-corrected chi connectivity index (χ0v) is 9.22. The average molecular weight is 226 g/mol. The maximum absolute atomic E-state index is 4.24. The van der Waals surface area contributed by atoms with Crippen LogP contribution in [0.25, 0.3) is 11.4 Å². The second-order valence-electron chi connectivity index (χ2n) is 3.72. The molecule has 3 rings (SSSR count). The predicted molar refractivity (Wildman–Crippen MR) is 65.1 cm³/mol. The summed E-state index contributed by atoms with van der Waals surface area (Å²) in [4.78, 5) is 13.5. The minimum absolute atomic E-state index is 0.780. The Labute approximate surface area is 99.2 Å². The van der Waals surface area contributed by atoms with Gasteiger partial charge in [-0.15, -0.1) is 0 Å². The van der Waals surface area contributed by atoms with E-state index < -0.39 is 0 Å². The summed E-state index contributed by atoms with van der Waals surface area (Å²) in [6.07, 6.45) is 12.4. The van der Waals surface area contributed by atoms with Gasteiger partial charge in [-0.2, -0.15) is 0 Å². The van der Waals surface area contributed by atoms with E-state index in [1.807, 2.05) is 6.07 Å². The quantitative estimate of drug-likeness (QED) is 0.806. The molecule has 3 heterocycles. The molecule has 0 spiro atoms. The third-order valence-corrected chi connectivity index (χ3v) is 2.61. The number of aromatic nitrogens is 3. The van der Waals surface area contributed by atoms with E-state index in [0.717, 1.165) is 30.3 Å². The van der Waals surface area contributed by atoms with E-state index in [4.69, 9.17) is 0 Å². The lowest BCUT2D eigenvalue weighted by Gasteiger charge is -2.25. The molecule has 5 heteroatoms. The van der Waals surface area contributed by atoms with Crippen molar-refractivity contribution in [3.8, 4) is 11.4 Å². The second kappa shape index (κ2) is 4.39. The lowest BCUT2D eigenvalue weighted by atomic mass is 10.2. The van der Waals surface area contributed by atoms with Crippen LogP contribution in [0.5, 0.6) is 0 Å². The Morgan fingerprint density at radius 2 is 2.35 bits per heavy atom. The summed E-state index contributed by atoms with van der Waals surface area (Å²) in [6, 6.07) is 1.96. The van der Waals surface area contributed by atoms with Crippen LogP contribution in [0.1, 0.15) is 0 Å². The predicted octanol–water partition coefficient (Wildman–Crippen LogP) is 1.15. The van der Waals surface area contributed by atoms with E-state index in [1.54, 1.807) is 18.6 Å². The van der Waals surface area contributed by atoms with Crippen molar-refractivity contribution in [2.24, 2.45) is 0 Å². The van der Waals surface area contributed by atoms with Crippen molar-refractivity contribution in [3.63, 3.8) is 0 Å². The number of H-pyrrole nitrogens is 1. The first kappa shape index (κ1) is 10.0. The molecule has 85 valence electrons. The van der Waals surface area contributed by atoms with Gasteiger partial charge in [0, 0.05) is 31.3 Å². The zero-order chi connectivity index (χ0) is 11.5. The number of pyridine rings is 1. The van der Waals surface area contributed by atoms with Gasteiger partial charge < -0.3 is 9.88 Å². The molecule has 1 aliphatic heterocycles. The van der Waals surface area contributed by atoms with Crippen molar-refractivity contribution in [2.45, 2.75) is 0 Å². The van der Waals surface area contributed by atoms with Crippen molar-refractivity contribution in [2.75, 3.05) is 18.1 Å². The highest BCUT2D eigenvalue weighted by Crippen LogP contribution is 2.27. The number of imidazole rings is 1. The molecule has 1 aliphatic rings. The Bertz CT molecular complexity index is 517. The molecule has 0 amide bonds. The summed E-state index contributed by atoms with van der Waals surface area (Å²) in [5.74, 6) is 0.784. The minimum Gasteiger partial charge on any atom is -0.344 e. The number of anilines is 1. The first-order valence-electron chi connectivity index (χ1n) is 5.45. The van der Waals surface area contributed by atoms with Crippen molar-refractivity contribution in [1.29, 1.82) is 0 Å². The van der Waals surface area contributed by atoms with Crippen LogP contribution in [0.2, 0.25) is 0 Å². The van der Waals surface area contributed by atoms with E-state index in [1.165, 1.54) is 0 Å². The van der Waals surface area contributed by atoms with Gasteiger partial charge in [0.25, 0.3) is 0 Å². The van der Waals surface area contributed by atoms with Crippen LogP contribution in [0.15, 0.2) is 36.9 Å². The number of hydrogen-bond donors (Lipinski definition) is 2. The van der Waals surface area contributed by atoms with Gasteiger partial charge >= 0.3 is 0 Å². The highest BCUT2D eigenvalue weighted by molar-refractivity contribution is 5.73. The lowest BCUT2D eigenvalue weighted by molar-refractivity contribution is 0.721. The normalized spacial score (nSPS) is 15.2. The van der Waals surface area contributed by atoms with Gasteiger partial charge in [-0.25, -0.2) is 4.98 Å². The summed E-state index contributed by atoms with van der Waals surface area (Å²) < 4.78 is 0. The molecule has 0 saturated carbocycles. The molecule has 5 nitrogen and oxygen atoms in total. The van der Waals surface area contributed by atoms with Crippen LogP contribution in [-0.4, -0.2) is 28.2 Å². The van der Waals surface area contributed by atoms with Gasteiger partial charge in [0.05, 0.1) is 17.9 Å². The summed E-state index contributed by atoms with van der Waals surface area (Å²) >= 11 is 0. The van der Waals surface area contributed by atoms with E-state index in [0.29, 0.717) is 0 Å². The Kier molecular flexibility index (Phi) is 2.59. The fraction of sp³-hybridized carbons (Fsp3) is 0.167. The van der Waals surface area contributed by atoms with E-state index in [2.05, 4.69) is 43.6 Å². The number of aromatic amines is 1. The van der Waals surface area contributed by atoms with Gasteiger partial charge in [0.2, 0.25) is 0 Å². The van der Waals surface area contributed by atoms with Crippen molar-refractivity contribution >= 4 is 5.69 Å². The molecule has 17 heavy (non-hydrogen) atoms. The Morgan fingerprint density at radius 3 is 3.12 bits per heavy atom. The first-order chi connectivity index (χ1) is 8.45. The monoisotopic (exact) mass is 226 g/mol. The summed E-state index contributed by atoms with van der Waals surface area (Å²) in [7, 11) is 0. The van der Waals surface area contributed by atoms with Gasteiger partial charge in [-0.3, -0.25) is 10.3 Å². The highest BCUT2D eigenvalue weighted by atomic mass is 15.2. The molecular formula is C12H12N5. The second-order valence-corrected chi connectivity index (χ2v) is 3.72. The van der Waals surface area contributed by atoms with Crippen molar-refractivity contribution in [1.82, 2.24) is 20.3 Å². The highest BCUT2D eigenvalue weighted by Gasteiger charge is 2.13. The molecule has 0 saturated heterocycles. The van der Waals surface area contributed by atoms with Crippen LogP contribution >= 0.6 is 0 Å². The van der Waals surface area contributed by atoms with Gasteiger partial charge in [0.15, 0.2) is 0 Å². The maximum Gasteiger partial charge on any atom is 0.141 e. The average Bonchev–Trinajstić information content (AvgIpc) is 2.94. The number of nitrogens with zero attached hydrogens (tertiary/aromatic N) is 3. The molecule has 0 fully saturated rings. The minimum atomic E-state index is 0.780. The Hall–Kier alpha value is -2.14. The largest absolute Gasteiger partial charge is 0.344 e. The fourth-order valence-electron chi connectivity index (χ4n) is 1.83. The van der Waals surface area contributed by atoms with Crippen LogP contribution in [-0.2, 0) is 0 Å². The zero-order valence-electron chi connectivity index (χ0n) is 9.22. The van der Waals surface area contributed by atoms with E-state index in [-0.39, 0.29) is 0 Å². The van der Waals surface area contributed by atoms with Crippen molar-refractivity contribution in [3.05, 3.63) is 43.1 Å². The van der Waals surface area contributed by atoms with Gasteiger partial charge in [0.1, 0.15) is 12.0 Å². The van der Waals surface area contributed by atoms with Crippen molar-refractivity contribution < 1.29 is 0 Å². The van der Waals surface area contributed by atoms with Gasteiger partial charge in [-0.05, 0) is 6.07 Å². The summed E-state index contributed by atoms with van der Waals surface area (Å²) in [5, 5.41) is 3.28. The Balaban J connectivity index is 2.04. The molecule has 2 N–H and O–H groups in total. The molecule has 0 aliphatic carbocycles. The standard InChI is InChI=1S/C12H12N5/c1-3-14-9-17(7-1)11-2-4-13-8-10(11)12-15-5-6-16-12/h1-2,4-7,14H,3,9H2,(H,15,16). The van der Waals surface area contributed by atoms with Crippen LogP contribution in [0.4, 0.5) is 5.69 Å². The van der Waals surface area contributed by atoms with Crippen LogP contribution in [0, 0.1) is 6.20 Å². The third kappa shape index (κ3) is 1.92. The van der Waals surface area contributed by atoms with E-state index in [9.17, 15) is 0 Å². The summed E-state index contributed by atoms with van der Waals surface area (Å²) in [6.45, 7) is 1.68. The van der Waals surface area contributed by atoms with Crippen LogP contribution in [0.3, 0.4) is 0 Å².